The minimum absolute atomic E-state index is 0. The third kappa shape index (κ3) is 4.95. The number of nitrogens with zero attached hydrogens (tertiary/aromatic N) is 1. The van der Waals surface area contributed by atoms with Gasteiger partial charge in [-0.1, -0.05) is 18.6 Å². The minimum atomic E-state index is 0. The molecule has 2 fully saturated rings. The summed E-state index contributed by atoms with van der Waals surface area (Å²) in [5, 5.41) is 0. The summed E-state index contributed by atoms with van der Waals surface area (Å²) in [7, 11) is 0. The van der Waals surface area contributed by atoms with Gasteiger partial charge in [0.1, 0.15) is 5.76 Å². The molecule has 0 aromatic carbocycles. The minimum Gasteiger partial charge on any atom is -0.464 e. The molecule has 3 nitrogen and oxygen atoms in total. The summed E-state index contributed by atoms with van der Waals surface area (Å²) >= 11 is 0. The quantitative estimate of drug-likeness (QED) is 0.721. The topological polar surface area (TPSA) is 42.4 Å². The summed E-state index contributed by atoms with van der Waals surface area (Å²) in [5.41, 5.74) is 8.65. The highest BCUT2D eigenvalue weighted by Gasteiger charge is 2.26. The van der Waals surface area contributed by atoms with Crippen LogP contribution in [0.25, 0.3) is 11.3 Å². The van der Waals surface area contributed by atoms with E-state index in [0.717, 1.165) is 11.7 Å². The van der Waals surface area contributed by atoms with E-state index in [9.17, 15) is 0 Å². The first-order valence-corrected chi connectivity index (χ1v) is 9.76. The highest BCUT2D eigenvalue weighted by Crippen LogP contribution is 2.35. The Morgan fingerprint density at radius 1 is 1.04 bits per heavy atom. The molecule has 0 spiro atoms. The van der Waals surface area contributed by atoms with Crippen LogP contribution in [-0.4, -0.2) is 24.0 Å². The van der Waals surface area contributed by atoms with Gasteiger partial charge in [0.15, 0.2) is 0 Å². The first kappa shape index (κ1) is 21.6. The predicted molar refractivity (Wildman–Crippen MR) is 113 cm³/mol. The molecule has 0 aromatic rings. The molecule has 2 N–H and O–H groups in total. The maximum atomic E-state index is 6.05. The molecule has 26 heavy (non-hydrogen) atoms. The van der Waals surface area contributed by atoms with Gasteiger partial charge in [0.2, 0.25) is 0 Å². The Morgan fingerprint density at radius 3 is 2.65 bits per heavy atom. The van der Waals surface area contributed by atoms with Crippen molar-refractivity contribution in [3.63, 3.8) is 0 Å². The molecule has 0 bridgehead atoms. The Labute approximate surface area is 169 Å². The summed E-state index contributed by atoms with van der Waals surface area (Å²) in [4.78, 5) is 2.71. The Hall–Kier alpha value is -0.740. The number of fused-ring (bicyclic) bond motifs is 1. The SMILES string of the molecule is Cl.Cl.N[C@H]1CC[C@H](CCN2CCCCC2c2coc3cccc-3c2)CC1. The van der Waals surface area contributed by atoms with Crippen molar-refractivity contribution in [3.05, 3.63) is 36.1 Å². The molecule has 1 saturated heterocycles. The molecule has 0 aromatic heterocycles. The lowest BCUT2D eigenvalue weighted by atomic mass is 9.84. The smallest absolute Gasteiger partial charge is 0.133 e. The van der Waals surface area contributed by atoms with E-state index >= 15 is 0 Å². The molecule has 146 valence electrons. The number of piperidine rings is 1. The molecule has 2 heterocycles. The zero-order valence-electron chi connectivity index (χ0n) is 15.4. The fraction of sp³-hybridized carbons (Fsp3) is 0.619. The molecule has 4 aliphatic rings. The maximum Gasteiger partial charge on any atom is 0.133 e. The van der Waals surface area contributed by atoms with Crippen LogP contribution in [0.15, 0.2) is 34.9 Å². The standard InChI is InChI=1S/C21H30N2O.2ClH/c22-19-9-7-16(8-10-19)11-13-23-12-2-1-5-20(23)18-14-17-4-3-6-21(17)24-15-18;;/h3-4,6,14-16,19-20H,1-2,5,7-13,22H2;2*1H/t16-,19-,20?;;. The van der Waals surface area contributed by atoms with Crippen molar-refractivity contribution in [2.24, 2.45) is 11.7 Å². The van der Waals surface area contributed by atoms with Gasteiger partial charge in [-0.2, -0.15) is 0 Å². The molecular weight excluding hydrogens is 367 g/mol. The van der Waals surface area contributed by atoms with Crippen LogP contribution >= 0.6 is 24.8 Å². The van der Waals surface area contributed by atoms with E-state index in [1.165, 1.54) is 75.6 Å². The zero-order chi connectivity index (χ0) is 16.4. The first-order valence-electron chi connectivity index (χ1n) is 9.76. The van der Waals surface area contributed by atoms with E-state index < -0.39 is 0 Å². The molecule has 1 unspecified atom stereocenters. The van der Waals surface area contributed by atoms with Crippen LogP contribution in [-0.2, 0) is 0 Å². The van der Waals surface area contributed by atoms with Crippen molar-refractivity contribution in [2.45, 2.75) is 63.5 Å². The number of hydrogen-bond acceptors (Lipinski definition) is 3. The highest BCUT2D eigenvalue weighted by molar-refractivity contribution is 5.85. The molecule has 4 rings (SSSR count). The summed E-state index contributed by atoms with van der Waals surface area (Å²) < 4.78 is 5.85. The van der Waals surface area contributed by atoms with Gasteiger partial charge in [0, 0.05) is 23.2 Å². The summed E-state index contributed by atoms with van der Waals surface area (Å²) in [6.07, 6.45) is 12.4. The van der Waals surface area contributed by atoms with Crippen LogP contribution in [0.3, 0.4) is 0 Å². The molecule has 0 radical (unpaired) electrons. The van der Waals surface area contributed by atoms with Gasteiger partial charge in [0.25, 0.3) is 0 Å². The van der Waals surface area contributed by atoms with Crippen LogP contribution in [0.5, 0.6) is 0 Å². The lowest BCUT2D eigenvalue weighted by Crippen LogP contribution is -2.35. The molecule has 1 atom stereocenters. The van der Waals surface area contributed by atoms with Gasteiger partial charge in [0.05, 0.1) is 6.26 Å². The third-order valence-electron chi connectivity index (χ3n) is 6.17. The van der Waals surface area contributed by atoms with Gasteiger partial charge < -0.3 is 10.2 Å². The first-order chi connectivity index (χ1) is 11.8. The Bertz CT molecular complexity index is 624. The van der Waals surface area contributed by atoms with Gasteiger partial charge in [-0.05, 0) is 76.1 Å². The van der Waals surface area contributed by atoms with Gasteiger partial charge in [-0.25, -0.2) is 0 Å². The average molecular weight is 399 g/mol. The lowest BCUT2D eigenvalue weighted by Gasteiger charge is -2.37. The number of nitrogens with two attached hydrogens (primary N) is 1. The Morgan fingerprint density at radius 2 is 1.85 bits per heavy atom. The molecule has 0 amide bonds. The predicted octanol–water partition coefficient (Wildman–Crippen LogP) is 5.66. The number of halogens is 2. The maximum absolute atomic E-state index is 6.05. The van der Waals surface area contributed by atoms with Crippen molar-refractivity contribution in [1.29, 1.82) is 0 Å². The Balaban J connectivity index is 0.00000121. The normalized spacial score (nSPS) is 26.9. The number of likely N-dealkylation sites (tertiary alicyclic amines) is 1. The Kier molecular flexibility index (Phi) is 8.28. The monoisotopic (exact) mass is 398 g/mol. The van der Waals surface area contributed by atoms with Crippen molar-refractivity contribution in [1.82, 2.24) is 4.90 Å². The van der Waals surface area contributed by atoms with Crippen LogP contribution in [0.2, 0.25) is 0 Å². The van der Waals surface area contributed by atoms with E-state index in [1.807, 2.05) is 12.3 Å². The van der Waals surface area contributed by atoms with Crippen molar-refractivity contribution in [2.75, 3.05) is 13.1 Å². The second-order valence-corrected chi connectivity index (χ2v) is 7.84. The van der Waals surface area contributed by atoms with Gasteiger partial charge in [-0.15, -0.1) is 24.8 Å². The second kappa shape index (κ2) is 9.98. The van der Waals surface area contributed by atoms with E-state index in [2.05, 4.69) is 23.1 Å². The zero-order valence-corrected chi connectivity index (χ0v) is 17.1. The van der Waals surface area contributed by atoms with Crippen LogP contribution in [0.4, 0.5) is 0 Å². The summed E-state index contributed by atoms with van der Waals surface area (Å²) in [6.45, 7) is 2.46. The van der Waals surface area contributed by atoms with E-state index in [-0.39, 0.29) is 24.8 Å². The van der Waals surface area contributed by atoms with Crippen molar-refractivity contribution >= 4 is 24.8 Å². The second-order valence-electron chi connectivity index (χ2n) is 7.84. The third-order valence-corrected chi connectivity index (χ3v) is 6.17. The molecule has 2 aliphatic carbocycles. The van der Waals surface area contributed by atoms with Crippen molar-refractivity contribution in [3.8, 4) is 11.3 Å². The van der Waals surface area contributed by atoms with E-state index in [1.54, 1.807) is 0 Å². The molecule has 1 saturated carbocycles. The number of rotatable bonds is 4. The fourth-order valence-electron chi connectivity index (χ4n) is 4.63. The van der Waals surface area contributed by atoms with Crippen LogP contribution in [0.1, 0.15) is 63.0 Å². The highest BCUT2D eigenvalue weighted by atomic mass is 35.5. The molecular formula is C21H32Cl2N2O. The molecule has 2 aliphatic heterocycles. The summed E-state index contributed by atoms with van der Waals surface area (Å²) in [5.74, 6) is 1.88. The average Bonchev–Trinajstić information content (AvgIpc) is 3.09. The fourth-order valence-corrected chi connectivity index (χ4v) is 4.63. The van der Waals surface area contributed by atoms with Gasteiger partial charge >= 0.3 is 0 Å². The lowest BCUT2D eigenvalue weighted by molar-refractivity contribution is 0.131. The number of hydrogen-bond donors (Lipinski definition) is 1. The van der Waals surface area contributed by atoms with Crippen LogP contribution < -0.4 is 5.73 Å². The molecule has 5 heteroatoms. The van der Waals surface area contributed by atoms with Gasteiger partial charge in [-0.3, -0.25) is 4.90 Å². The largest absolute Gasteiger partial charge is 0.464 e. The van der Waals surface area contributed by atoms with E-state index in [0.29, 0.717) is 12.1 Å². The van der Waals surface area contributed by atoms with E-state index in [4.69, 9.17) is 10.2 Å². The van der Waals surface area contributed by atoms with Crippen molar-refractivity contribution < 1.29 is 4.42 Å². The van der Waals surface area contributed by atoms with Crippen LogP contribution in [0, 0.1) is 5.92 Å². The summed E-state index contributed by atoms with van der Waals surface area (Å²) in [6, 6.07) is 9.60.